The van der Waals surface area contributed by atoms with Gasteiger partial charge in [-0.2, -0.15) is 0 Å². The Bertz CT molecular complexity index is 897. The number of hydrogen-bond acceptors (Lipinski definition) is 3. The van der Waals surface area contributed by atoms with E-state index >= 15 is 0 Å². The molecule has 0 aliphatic carbocycles. The molecular weight excluding hydrogens is 324 g/mol. The van der Waals surface area contributed by atoms with Gasteiger partial charge in [0.25, 0.3) is 5.91 Å². The molecule has 1 aliphatic heterocycles. The molecule has 26 heavy (non-hydrogen) atoms. The maximum absolute atomic E-state index is 12.9. The Morgan fingerprint density at radius 2 is 1.73 bits per heavy atom. The molecule has 1 aliphatic rings. The van der Waals surface area contributed by atoms with Gasteiger partial charge in [0.2, 0.25) is 0 Å². The Labute approximate surface area is 152 Å². The highest BCUT2D eigenvalue weighted by atomic mass is 16.5. The summed E-state index contributed by atoms with van der Waals surface area (Å²) in [6.45, 7) is 0.257. The number of ether oxygens (including phenoxy) is 1. The first kappa shape index (κ1) is 16.1. The molecule has 0 saturated heterocycles. The zero-order chi connectivity index (χ0) is 17.8. The Balaban J connectivity index is 1.62. The van der Waals surface area contributed by atoms with Crippen LogP contribution >= 0.6 is 0 Å². The molecule has 4 heteroatoms. The topological polar surface area (TPSA) is 51.2 Å². The number of amides is 1. The smallest absolute Gasteiger partial charge is 0.251 e. The van der Waals surface area contributed by atoms with Crippen molar-refractivity contribution >= 4 is 12.0 Å². The van der Waals surface area contributed by atoms with Crippen molar-refractivity contribution in [1.29, 1.82) is 0 Å². The molecule has 2 aromatic carbocycles. The predicted molar refractivity (Wildman–Crippen MR) is 101 cm³/mol. The van der Waals surface area contributed by atoms with Gasteiger partial charge in [-0.15, -0.1) is 0 Å². The highest BCUT2D eigenvalue weighted by Crippen LogP contribution is 2.27. The zero-order valence-corrected chi connectivity index (χ0v) is 14.1. The van der Waals surface area contributed by atoms with Gasteiger partial charge in [-0.3, -0.25) is 9.78 Å². The normalized spacial score (nSPS) is 13.8. The van der Waals surface area contributed by atoms with Gasteiger partial charge in [-0.25, -0.2) is 0 Å². The number of benzene rings is 2. The monoisotopic (exact) mass is 342 g/mol. The lowest BCUT2D eigenvalue weighted by molar-refractivity contribution is -0.118. The summed E-state index contributed by atoms with van der Waals surface area (Å²) in [5, 5.41) is 3.10. The molecule has 4 nitrogen and oxygen atoms in total. The van der Waals surface area contributed by atoms with Crippen molar-refractivity contribution in [3.63, 3.8) is 0 Å². The second kappa shape index (κ2) is 7.23. The molecule has 0 radical (unpaired) electrons. The third-order valence-corrected chi connectivity index (χ3v) is 4.32. The van der Waals surface area contributed by atoms with Gasteiger partial charge in [-0.05, 0) is 29.8 Å². The third kappa shape index (κ3) is 3.35. The largest absolute Gasteiger partial charge is 0.488 e. The van der Waals surface area contributed by atoms with Crippen LogP contribution in [0.4, 0.5) is 0 Å². The number of nitrogens with one attached hydrogen (secondary N) is 1. The van der Waals surface area contributed by atoms with Crippen molar-refractivity contribution in [3.8, 4) is 5.75 Å². The van der Waals surface area contributed by atoms with Crippen molar-refractivity contribution in [2.75, 3.05) is 6.61 Å². The first-order valence-corrected chi connectivity index (χ1v) is 8.50. The maximum atomic E-state index is 12.9. The predicted octanol–water partition coefficient (Wildman–Crippen LogP) is 3.76. The molecule has 1 aromatic heterocycles. The fourth-order valence-corrected chi connectivity index (χ4v) is 2.99. The first-order valence-electron chi connectivity index (χ1n) is 8.50. The minimum atomic E-state index is -0.317. The summed E-state index contributed by atoms with van der Waals surface area (Å²) in [7, 11) is 0. The fraction of sp³-hybridized carbons (Fsp3) is 0.0909. The molecule has 0 bridgehead atoms. The number of hydrogen-bond donors (Lipinski definition) is 1. The summed E-state index contributed by atoms with van der Waals surface area (Å²) in [6, 6.07) is 22.9. The summed E-state index contributed by atoms with van der Waals surface area (Å²) >= 11 is 0. The number of carbonyl (C=O) groups excluding carboxylic acids is 1. The summed E-state index contributed by atoms with van der Waals surface area (Å²) in [4.78, 5) is 17.3. The van der Waals surface area contributed by atoms with Crippen LogP contribution in [0.25, 0.3) is 6.08 Å². The molecule has 4 rings (SSSR count). The van der Waals surface area contributed by atoms with Crippen LogP contribution in [-0.4, -0.2) is 17.5 Å². The summed E-state index contributed by atoms with van der Waals surface area (Å²) < 4.78 is 5.71. The van der Waals surface area contributed by atoms with Crippen LogP contribution in [0.5, 0.6) is 5.75 Å². The van der Waals surface area contributed by atoms with Crippen molar-refractivity contribution in [3.05, 3.63) is 101 Å². The van der Waals surface area contributed by atoms with E-state index in [4.69, 9.17) is 4.74 Å². The Hall–Kier alpha value is -3.40. The molecule has 0 fully saturated rings. The highest BCUT2D eigenvalue weighted by Gasteiger charge is 2.22. The Morgan fingerprint density at radius 1 is 0.962 bits per heavy atom. The van der Waals surface area contributed by atoms with Gasteiger partial charge in [0.1, 0.15) is 12.4 Å². The van der Waals surface area contributed by atoms with Crippen LogP contribution in [-0.2, 0) is 4.79 Å². The Kier molecular flexibility index (Phi) is 4.48. The number of fused-ring (bicyclic) bond motifs is 1. The zero-order valence-electron chi connectivity index (χ0n) is 14.1. The van der Waals surface area contributed by atoms with Gasteiger partial charge in [-0.1, -0.05) is 54.6 Å². The van der Waals surface area contributed by atoms with E-state index in [1.54, 1.807) is 6.20 Å². The fourth-order valence-electron chi connectivity index (χ4n) is 2.99. The molecule has 0 saturated carbocycles. The van der Waals surface area contributed by atoms with Crippen LogP contribution in [0, 0.1) is 0 Å². The second-order valence-corrected chi connectivity index (χ2v) is 6.07. The average Bonchev–Trinajstić information content (AvgIpc) is 2.72. The second-order valence-electron chi connectivity index (χ2n) is 6.07. The van der Waals surface area contributed by atoms with Crippen molar-refractivity contribution in [2.24, 2.45) is 0 Å². The van der Waals surface area contributed by atoms with Gasteiger partial charge in [0.15, 0.2) is 0 Å². The van der Waals surface area contributed by atoms with Gasteiger partial charge in [0.05, 0.1) is 17.3 Å². The first-order chi connectivity index (χ1) is 12.8. The molecule has 0 spiro atoms. The molecule has 3 aromatic rings. The highest BCUT2D eigenvalue weighted by molar-refractivity contribution is 5.99. The summed E-state index contributed by atoms with van der Waals surface area (Å²) in [5.74, 6) is 0.646. The minimum Gasteiger partial charge on any atom is -0.488 e. The van der Waals surface area contributed by atoms with Crippen molar-refractivity contribution in [1.82, 2.24) is 10.3 Å². The molecule has 2 heterocycles. The molecular formula is C22H18N2O2. The number of carbonyl (C=O) groups is 1. The number of pyridine rings is 1. The van der Waals surface area contributed by atoms with Gasteiger partial charge < -0.3 is 10.1 Å². The van der Waals surface area contributed by atoms with Crippen molar-refractivity contribution < 1.29 is 9.53 Å². The Morgan fingerprint density at radius 3 is 2.54 bits per heavy atom. The average molecular weight is 342 g/mol. The number of rotatable bonds is 4. The van der Waals surface area contributed by atoms with Gasteiger partial charge >= 0.3 is 0 Å². The van der Waals surface area contributed by atoms with Crippen LogP contribution in [0.15, 0.2) is 84.6 Å². The molecule has 1 N–H and O–H groups in total. The lowest BCUT2D eigenvalue weighted by atomic mass is 10.0. The van der Waals surface area contributed by atoms with Crippen molar-refractivity contribution in [2.45, 2.75) is 6.04 Å². The molecule has 1 atom stereocenters. The SMILES string of the molecule is O=C(N[C@@H](c1ccccc1)c1ccccn1)C1=Cc2ccccc2OC1. The van der Waals surface area contributed by atoms with Crippen LogP contribution in [0.2, 0.25) is 0 Å². The summed E-state index contributed by atoms with van der Waals surface area (Å²) in [6.07, 6.45) is 3.62. The van der Waals surface area contributed by atoms with Gasteiger partial charge in [0, 0.05) is 11.8 Å². The van der Waals surface area contributed by atoms with E-state index in [1.807, 2.05) is 78.9 Å². The quantitative estimate of drug-likeness (QED) is 0.785. The molecule has 0 unspecified atom stereocenters. The van der Waals surface area contributed by atoms with E-state index in [2.05, 4.69) is 10.3 Å². The van der Waals surface area contributed by atoms with Crippen LogP contribution in [0.3, 0.4) is 0 Å². The number of aromatic nitrogens is 1. The lowest BCUT2D eigenvalue weighted by Crippen LogP contribution is -2.33. The third-order valence-electron chi connectivity index (χ3n) is 4.32. The van der Waals surface area contributed by atoms with E-state index in [-0.39, 0.29) is 18.6 Å². The van der Waals surface area contributed by atoms with E-state index < -0.39 is 0 Å². The lowest BCUT2D eigenvalue weighted by Gasteiger charge is -2.22. The van der Waals surface area contributed by atoms with E-state index in [1.165, 1.54) is 0 Å². The summed E-state index contributed by atoms with van der Waals surface area (Å²) in [5.41, 5.74) is 3.29. The standard InChI is InChI=1S/C22H18N2O2/c25-22(18-14-17-10-4-5-12-20(17)26-15-18)24-21(16-8-2-1-3-9-16)19-11-6-7-13-23-19/h1-14,21H,15H2,(H,24,25)/t21-/m0/s1. The van der Waals surface area contributed by atoms with Crippen LogP contribution < -0.4 is 10.1 Å². The number of para-hydroxylation sites is 1. The molecule has 1 amide bonds. The molecule has 128 valence electrons. The van der Waals surface area contributed by atoms with Crippen LogP contribution in [0.1, 0.15) is 22.9 Å². The maximum Gasteiger partial charge on any atom is 0.251 e. The van der Waals surface area contributed by atoms with E-state index in [0.29, 0.717) is 5.57 Å². The minimum absolute atomic E-state index is 0.154. The van der Waals surface area contributed by atoms with E-state index in [0.717, 1.165) is 22.6 Å². The number of nitrogens with zero attached hydrogens (tertiary/aromatic N) is 1. The van der Waals surface area contributed by atoms with E-state index in [9.17, 15) is 4.79 Å².